The Morgan fingerprint density at radius 3 is 2.00 bits per heavy atom. The molecule has 0 aliphatic heterocycles. The van der Waals surface area contributed by atoms with Gasteiger partial charge in [-0.1, -0.05) is 72.8 Å². The second-order valence-electron chi connectivity index (χ2n) is 8.90. The Bertz CT molecular complexity index is 1300. The fraction of sp³-hybridized carbons (Fsp3) is 0.286. The summed E-state index contributed by atoms with van der Waals surface area (Å²) in [6, 6.07) is 24.7. The summed E-state index contributed by atoms with van der Waals surface area (Å²) in [5, 5.41) is 2.68. The van der Waals surface area contributed by atoms with Crippen LogP contribution in [0.4, 0.5) is 5.69 Å². The van der Waals surface area contributed by atoms with Crippen molar-refractivity contribution in [3.8, 4) is 0 Å². The van der Waals surface area contributed by atoms with E-state index >= 15 is 0 Å². The van der Waals surface area contributed by atoms with Crippen LogP contribution in [0.15, 0.2) is 84.9 Å². The molecule has 0 spiro atoms. The van der Waals surface area contributed by atoms with Crippen LogP contribution < -0.4 is 9.62 Å². The van der Waals surface area contributed by atoms with Crippen molar-refractivity contribution < 1.29 is 18.0 Å². The predicted molar refractivity (Wildman–Crippen MR) is 146 cm³/mol. The number of likely N-dealkylation sites (N-methyl/N-ethyl adjacent to an activating group) is 1. The molecule has 1 N–H and O–H groups in total. The Labute approximate surface area is 219 Å². The molecule has 8 nitrogen and oxygen atoms in total. The van der Waals surface area contributed by atoms with E-state index in [1.807, 2.05) is 61.5 Å². The van der Waals surface area contributed by atoms with E-state index in [9.17, 15) is 18.0 Å². The molecule has 0 aliphatic carbocycles. The van der Waals surface area contributed by atoms with E-state index in [4.69, 9.17) is 0 Å². The molecule has 0 saturated carbocycles. The van der Waals surface area contributed by atoms with E-state index < -0.39 is 28.7 Å². The third-order valence-electron chi connectivity index (χ3n) is 6.18. The lowest BCUT2D eigenvalue weighted by atomic mass is 10.0. The molecule has 196 valence electrons. The Morgan fingerprint density at radius 1 is 0.865 bits per heavy atom. The van der Waals surface area contributed by atoms with Crippen LogP contribution >= 0.6 is 0 Å². The van der Waals surface area contributed by atoms with Crippen LogP contribution in [-0.2, 0) is 32.8 Å². The normalized spacial score (nSPS) is 12.1. The molecule has 3 rings (SSSR count). The Hall–Kier alpha value is -3.69. The van der Waals surface area contributed by atoms with Crippen LogP contribution in [0.2, 0.25) is 0 Å². The number of amides is 2. The van der Waals surface area contributed by atoms with Gasteiger partial charge < -0.3 is 10.2 Å². The van der Waals surface area contributed by atoms with E-state index in [0.717, 1.165) is 25.3 Å². The number of nitrogens with zero attached hydrogens (tertiary/aromatic N) is 3. The lowest BCUT2D eigenvalue weighted by molar-refractivity contribution is -0.139. The summed E-state index contributed by atoms with van der Waals surface area (Å²) < 4.78 is 28.7. The molecule has 0 bridgehead atoms. The maximum atomic E-state index is 14.0. The van der Waals surface area contributed by atoms with Gasteiger partial charge in [-0.2, -0.15) is 12.7 Å². The molecule has 2 amide bonds. The van der Waals surface area contributed by atoms with Gasteiger partial charge in [0.15, 0.2) is 0 Å². The summed E-state index contributed by atoms with van der Waals surface area (Å²) in [5.74, 6) is -0.811. The molecular weight excluding hydrogens is 488 g/mol. The minimum Gasteiger partial charge on any atom is -0.357 e. The summed E-state index contributed by atoms with van der Waals surface area (Å²) >= 11 is 0. The van der Waals surface area contributed by atoms with Gasteiger partial charge in [0.05, 0.1) is 5.69 Å². The maximum absolute atomic E-state index is 14.0. The molecule has 0 saturated heterocycles. The molecule has 3 aromatic carbocycles. The largest absolute Gasteiger partial charge is 0.357 e. The van der Waals surface area contributed by atoms with Gasteiger partial charge >= 0.3 is 10.2 Å². The molecular formula is C28H34N4O4S. The average Bonchev–Trinajstić information content (AvgIpc) is 2.90. The zero-order valence-electron chi connectivity index (χ0n) is 21.7. The maximum Gasteiger partial charge on any atom is 0.304 e. The first-order valence-corrected chi connectivity index (χ1v) is 13.4. The quantitative estimate of drug-likeness (QED) is 0.419. The zero-order valence-corrected chi connectivity index (χ0v) is 22.5. The van der Waals surface area contributed by atoms with Gasteiger partial charge in [0.25, 0.3) is 0 Å². The number of carbonyl (C=O) groups is 2. The van der Waals surface area contributed by atoms with Gasteiger partial charge in [0, 0.05) is 34.1 Å². The Morgan fingerprint density at radius 2 is 1.43 bits per heavy atom. The fourth-order valence-electron chi connectivity index (χ4n) is 4.00. The lowest BCUT2D eigenvalue weighted by Crippen LogP contribution is -2.53. The van der Waals surface area contributed by atoms with Crippen molar-refractivity contribution in [2.45, 2.75) is 25.9 Å². The first-order valence-electron chi connectivity index (χ1n) is 12.0. The Kier molecular flexibility index (Phi) is 9.43. The molecule has 0 unspecified atom stereocenters. The van der Waals surface area contributed by atoms with Crippen LogP contribution in [0.25, 0.3) is 0 Å². The van der Waals surface area contributed by atoms with Crippen molar-refractivity contribution in [1.82, 2.24) is 14.5 Å². The van der Waals surface area contributed by atoms with Crippen LogP contribution in [0.5, 0.6) is 0 Å². The monoisotopic (exact) mass is 522 g/mol. The van der Waals surface area contributed by atoms with E-state index in [1.54, 1.807) is 30.3 Å². The van der Waals surface area contributed by atoms with Crippen LogP contribution in [0.3, 0.4) is 0 Å². The van der Waals surface area contributed by atoms with Gasteiger partial charge in [0.2, 0.25) is 11.8 Å². The minimum atomic E-state index is -3.99. The minimum absolute atomic E-state index is 0.154. The van der Waals surface area contributed by atoms with Gasteiger partial charge in [-0.25, -0.2) is 4.31 Å². The van der Waals surface area contributed by atoms with Gasteiger partial charge in [-0.05, 0) is 35.7 Å². The van der Waals surface area contributed by atoms with E-state index in [0.29, 0.717) is 5.69 Å². The number of carbonyl (C=O) groups excluding carboxylic acids is 2. The predicted octanol–water partition coefficient (Wildman–Crippen LogP) is 2.99. The first kappa shape index (κ1) is 27.9. The third-order valence-corrected chi connectivity index (χ3v) is 8.00. The van der Waals surface area contributed by atoms with Crippen molar-refractivity contribution in [3.05, 3.63) is 102 Å². The van der Waals surface area contributed by atoms with E-state index in [2.05, 4.69) is 5.32 Å². The smallest absolute Gasteiger partial charge is 0.304 e. The number of hydrogen-bond acceptors (Lipinski definition) is 4. The molecule has 1 atom stereocenters. The van der Waals surface area contributed by atoms with Gasteiger partial charge in [-0.3, -0.25) is 9.59 Å². The van der Waals surface area contributed by atoms with Crippen molar-refractivity contribution in [2.75, 3.05) is 32.0 Å². The standard InChI is InChI=1S/C28H34N4O4S/c1-22-13-11-12-16-24(22)20-31(26(28(34)29-2)19-23-14-7-5-8-15-23)27(33)21-32(37(35,36)30(3)4)25-17-9-6-10-18-25/h5-18,26H,19-21H2,1-4H3,(H,29,34)/t26-/m0/s1. The summed E-state index contributed by atoms with van der Waals surface area (Å²) in [5.41, 5.74) is 3.09. The molecule has 0 aliphatic rings. The van der Waals surface area contributed by atoms with Crippen LogP contribution in [-0.4, -0.2) is 63.2 Å². The van der Waals surface area contributed by atoms with Crippen molar-refractivity contribution in [2.24, 2.45) is 0 Å². The molecule has 0 radical (unpaired) electrons. The molecule has 3 aromatic rings. The highest BCUT2D eigenvalue weighted by Gasteiger charge is 2.34. The molecule has 37 heavy (non-hydrogen) atoms. The number of anilines is 1. The van der Waals surface area contributed by atoms with E-state index in [-0.39, 0.29) is 18.9 Å². The molecule has 0 heterocycles. The molecule has 0 aromatic heterocycles. The SMILES string of the molecule is CNC(=O)[C@H](Cc1ccccc1)N(Cc1ccccc1C)C(=O)CN(c1ccccc1)S(=O)(=O)N(C)C. The highest BCUT2D eigenvalue weighted by molar-refractivity contribution is 7.90. The Balaban J connectivity index is 2.06. The summed E-state index contributed by atoms with van der Waals surface area (Å²) in [7, 11) is 0.378. The summed E-state index contributed by atoms with van der Waals surface area (Å²) in [6.07, 6.45) is 0.282. The fourth-order valence-corrected chi connectivity index (χ4v) is 5.06. The van der Waals surface area contributed by atoms with E-state index in [1.165, 1.54) is 26.0 Å². The third kappa shape index (κ3) is 6.96. The highest BCUT2D eigenvalue weighted by atomic mass is 32.2. The summed E-state index contributed by atoms with van der Waals surface area (Å²) in [6.45, 7) is 1.64. The topological polar surface area (TPSA) is 90.0 Å². The summed E-state index contributed by atoms with van der Waals surface area (Å²) in [4.78, 5) is 28.6. The van der Waals surface area contributed by atoms with Gasteiger partial charge in [-0.15, -0.1) is 0 Å². The number of rotatable bonds is 11. The number of nitrogens with one attached hydrogen (secondary N) is 1. The van der Waals surface area contributed by atoms with Crippen molar-refractivity contribution in [3.63, 3.8) is 0 Å². The number of para-hydroxylation sites is 1. The van der Waals surface area contributed by atoms with Crippen LogP contribution in [0.1, 0.15) is 16.7 Å². The number of aryl methyl sites for hydroxylation is 1. The molecule has 0 fully saturated rings. The van der Waals surface area contributed by atoms with Gasteiger partial charge in [0.1, 0.15) is 12.6 Å². The second kappa shape index (κ2) is 12.5. The first-order chi connectivity index (χ1) is 17.6. The average molecular weight is 523 g/mol. The highest BCUT2D eigenvalue weighted by Crippen LogP contribution is 2.22. The number of hydrogen-bond donors (Lipinski definition) is 1. The lowest BCUT2D eigenvalue weighted by Gasteiger charge is -2.34. The second-order valence-corrected chi connectivity index (χ2v) is 11.0. The zero-order chi connectivity index (χ0) is 27.0. The molecule has 9 heteroatoms. The number of benzene rings is 3. The van der Waals surface area contributed by atoms with Crippen LogP contribution in [0, 0.1) is 6.92 Å². The van der Waals surface area contributed by atoms with Crippen molar-refractivity contribution in [1.29, 1.82) is 0 Å². The van der Waals surface area contributed by atoms with Crippen molar-refractivity contribution >= 4 is 27.7 Å².